The first kappa shape index (κ1) is 12.0. The lowest BCUT2D eigenvalue weighted by molar-refractivity contribution is 0.0853. The van der Waals surface area contributed by atoms with Crippen LogP contribution in [0, 0.1) is 0 Å². The number of hydrogen-bond acceptors (Lipinski definition) is 2. The molecular formula is C17H16O2. The second-order valence-electron chi connectivity index (χ2n) is 4.87. The highest BCUT2D eigenvalue weighted by atomic mass is 16.5. The third-order valence-corrected chi connectivity index (χ3v) is 3.49. The predicted octanol–water partition coefficient (Wildman–Crippen LogP) is 3.63. The second-order valence-corrected chi connectivity index (χ2v) is 4.87. The van der Waals surface area contributed by atoms with E-state index in [2.05, 4.69) is 12.1 Å². The molecule has 1 unspecified atom stereocenters. The average molecular weight is 252 g/mol. The molecule has 96 valence electrons. The van der Waals surface area contributed by atoms with Crippen molar-refractivity contribution in [1.82, 2.24) is 0 Å². The molecule has 0 saturated heterocycles. The van der Waals surface area contributed by atoms with Gasteiger partial charge in [-0.25, -0.2) is 0 Å². The number of carbonyl (C=O) groups excluding carboxylic acids is 1. The van der Waals surface area contributed by atoms with Crippen molar-refractivity contribution < 1.29 is 9.53 Å². The van der Waals surface area contributed by atoms with Gasteiger partial charge >= 0.3 is 0 Å². The molecule has 3 rings (SSSR count). The fourth-order valence-corrected chi connectivity index (χ4v) is 2.46. The van der Waals surface area contributed by atoms with Crippen molar-refractivity contribution in [3.05, 3.63) is 65.2 Å². The van der Waals surface area contributed by atoms with Gasteiger partial charge in [0.05, 0.1) is 5.56 Å². The SMILES string of the molecule is CCC1Oc2ccc(Cc3ccccc3)cc2C1=O. The van der Waals surface area contributed by atoms with Crippen molar-refractivity contribution in [2.24, 2.45) is 0 Å². The molecule has 1 heterocycles. The summed E-state index contributed by atoms with van der Waals surface area (Å²) < 4.78 is 5.62. The van der Waals surface area contributed by atoms with Crippen molar-refractivity contribution >= 4 is 5.78 Å². The Bertz CT molecular complexity index is 602. The van der Waals surface area contributed by atoms with Gasteiger partial charge in [0.2, 0.25) is 5.78 Å². The van der Waals surface area contributed by atoms with Crippen molar-refractivity contribution in [1.29, 1.82) is 0 Å². The molecule has 0 spiro atoms. The molecule has 2 aromatic rings. The average Bonchev–Trinajstić information content (AvgIpc) is 2.77. The minimum atomic E-state index is -0.290. The van der Waals surface area contributed by atoms with E-state index in [0.29, 0.717) is 0 Å². The van der Waals surface area contributed by atoms with Crippen LogP contribution in [0.5, 0.6) is 5.75 Å². The van der Waals surface area contributed by atoms with E-state index in [9.17, 15) is 4.79 Å². The molecule has 2 heteroatoms. The van der Waals surface area contributed by atoms with Crippen LogP contribution in [0.3, 0.4) is 0 Å². The molecule has 0 radical (unpaired) electrons. The van der Waals surface area contributed by atoms with Crippen LogP contribution in [0.25, 0.3) is 0 Å². The minimum absolute atomic E-state index is 0.118. The van der Waals surface area contributed by atoms with E-state index < -0.39 is 0 Å². The van der Waals surface area contributed by atoms with Gasteiger partial charge in [-0.2, -0.15) is 0 Å². The van der Waals surface area contributed by atoms with Gasteiger partial charge in [0.15, 0.2) is 6.10 Å². The quantitative estimate of drug-likeness (QED) is 0.833. The summed E-state index contributed by atoms with van der Waals surface area (Å²) in [5, 5.41) is 0. The van der Waals surface area contributed by atoms with Crippen molar-refractivity contribution in [2.75, 3.05) is 0 Å². The van der Waals surface area contributed by atoms with Gasteiger partial charge in [-0.3, -0.25) is 4.79 Å². The van der Waals surface area contributed by atoms with Crippen LogP contribution < -0.4 is 4.74 Å². The predicted molar refractivity (Wildman–Crippen MR) is 74.7 cm³/mol. The summed E-state index contributed by atoms with van der Waals surface area (Å²) in [5.41, 5.74) is 3.14. The Morgan fingerprint density at radius 1 is 1.05 bits per heavy atom. The lowest BCUT2D eigenvalue weighted by Crippen LogP contribution is -2.18. The molecule has 19 heavy (non-hydrogen) atoms. The number of benzene rings is 2. The first-order valence-corrected chi connectivity index (χ1v) is 6.65. The Kier molecular flexibility index (Phi) is 3.08. The standard InChI is InChI=1S/C17H16O2/c1-2-15-17(18)14-11-13(8-9-16(14)19-15)10-12-6-4-3-5-7-12/h3-9,11,15H,2,10H2,1H3. The van der Waals surface area contributed by atoms with Crippen LogP contribution >= 0.6 is 0 Å². The van der Waals surface area contributed by atoms with Gasteiger partial charge in [0.25, 0.3) is 0 Å². The molecule has 1 aliphatic heterocycles. The molecule has 0 aliphatic carbocycles. The highest BCUT2D eigenvalue weighted by molar-refractivity contribution is 6.04. The minimum Gasteiger partial charge on any atom is -0.482 e. The number of Topliss-reactive ketones (excluding diaryl/α,β-unsaturated/α-hetero) is 1. The molecule has 0 amide bonds. The van der Waals surface area contributed by atoms with Crippen LogP contribution in [0.15, 0.2) is 48.5 Å². The summed E-state index contributed by atoms with van der Waals surface area (Å²) >= 11 is 0. The number of fused-ring (bicyclic) bond motifs is 1. The molecular weight excluding hydrogens is 236 g/mol. The molecule has 0 bridgehead atoms. The molecule has 0 N–H and O–H groups in total. The highest BCUT2D eigenvalue weighted by Gasteiger charge is 2.30. The third-order valence-electron chi connectivity index (χ3n) is 3.49. The van der Waals surface area contributed by atoms with Crippen LogP contribution in [-0.2, 0) is 6.42 Å². The Morgan fingerprint density at radius 3 is 2.58 bits per heavy atom. The van der Waals surface area contributed by atoms with Gasteiger partial charge in [-0.15, -0.1) is 0 Å². The summed E-state index contributed by atoms with van der Waals surface area (Å²) in [7, 11) is 0. The second kappa shape index (κ2) is 4.88. The van der Waals surface area contributed by atoms with E-state index in [-0.39, 0.29) is 11.9 Å². The molecule has 0 saturated carbocycles. The smallest absolute Gasteiger partial charge is 0.207 e. The number of carbonyl (C=O) groups is 1. The zero-order valence-electron chi connectivity index (χ0n) is 10.9. The van der Waals surface area contributed by atoms with E-state index in [1.165, 1.54) is 5.56 Å². The Hall–Kier alpha value is -2.09. The summed E-state index contributed by atoms with van der Waals surface area (Å²) in [6.07, 6.45) is 1.28. The largest absolute Gasteiger partial charge is 0.482 e. The van der Waals surface area contributed by atoms with E-state index in [1.54, 1.807) is 0 Å². The summed E-state index contributed by atoms with van der Waals surface area (Å²) in [6, 6.07) is 16.2. The first-order valence-electron chi connectivity index (χ1n) is 6.65. The van der Waals surface area contributed by atoms with Gasteiger partial charge in [0.1, 0.15) is 5.75 Å². The topological polar surface area (TPSA) is 26.3 Å². The van der Waals surface area contributed by atoms with E-state index in [1.807, 2.05) is 43.3 Å². The van der Waals surface area contributed by atoms with Crippen LogP contribution in [0.4, 0.5) is 0 Å². The molecule has 1 atom stereocenters. The fraction of sp³-hybridized carbons (Fsp3) is 0.235. The Morgan fingerprint density at radius 2 is 1.84 bits per heavy atom. The van der Waals surface area contributed by atoms with Crippen molar-refractivity contribution in [3.63, 3.8) is 0 Å². The number of ketones is 1. The van der Waals surface area contributed by atoms with Gasteiger partial charge in [-0.1, -0.05) is 43.3 Å². The van der Waals surface area contributed by atoms with Crippen molar-refractivity contribution in [3.8, 4) is 5.75 Å². The highest BCUT2D eigenvalue weighted by Crippen LogP contribution is 2.31. The summed E-state index contributed by atoms with van der Waals surface area (Å²) in [6.45, 7) is 1.97. The molecule has 0 aromatic heterocycles. The van der Waals surface area contributed by atoms with E-state index in [0.717, 1.165) is 29.7 Å². The molecule has 2 aromatic carbocycles. The Labute approximate surface area is 113 Å². The van der Waals surface area contributed by atoms with Gasteiger partial charge < -0.3 is 4.74 Å². The maximum Gasteiger partial charge on any atom is 0.207 e. The number of rotatable bonds is 3. The fourth-order valence-electron chi connectivity index (χ4n) is 2.46. The molecule has 0 fully saturated rings. The van der Waals surface area contributed by atoms with Crippen LogP contribution in [-0.4, -0.2) is 11.9 Å². The van der Waals surface area contributed by atoms with Crippen LogP contribution in [0.2, 0.25) is 0 Å². The maximum absolute atomic E-state index is 12.1. The summed E-state index contributed by atoms with van der Waals surface area (Å²) in [4.78, 5) is 12.1. The van der Waals surface area contributed by atoms with E-state index in [4.69, 9.17) is 4.74 Å². The van der Waals surface area contributed by atoms with Crippen molar-refractivity contribution in [2.45, 2.75) is 25.9 Å². The monoisotopic (exact) mass is 252 g/mol. The number of ether oxygens (including phenoxy) is 1. The van der Waals surface area contributed by atoms with Crippen LogP contribution in [0.1, 0.15) is 34.8 Å². The Balaban J connectivity index is 1.87. The zero-order chi connectivity index (χ0) is 13.2. The zero-order valence-corrected chi connectivity index (χ0v) is 10.9. The first-order chi connectivity index (χ1) is 9.28. The normalized spacial score (nSPS) is 17.1. The lowest BCUT2D eigenvalue weighted by Gasteiger charge is -2.04. The van der Waals surface area contributed by atoms with Gasteiger partial charge in [0, 0.05) is 0 Å². The molecule has 2 nitrogen and oxygen atoms in total. The third kappa shape index (κ3) is 2.26. The lowest BCUT2D eigenvalue weighted by atomic mass is 10.00. The molecule has 1 aliphatic rings. The van der Waals surface area contributed by atoms with E-state index >= 15 is 0 Å². The summed E-state index contributed by atoms with van der Waals surface area (Å²) in [5.74, 6) is 0.848. The maximum atomic E-state index is 12.1. The number of hydrogen-bond donors (Lipinski definition) is 0. The van der Waals surface area contributed by atoms with Gasteiger partial charge in [-0.05, 0) is 36.1 Å².